The molecule has 0 radical (unpaired) electrons. The van der Waals surface area contributed by atoms with Crippen LogP contribution in [0.5, 0.6) is 0 Å². The highest BCUT2D eigenvalue weighted by Gasteiger charge is 2.22. The number of hydrazine groups is 1. The highest BCUT2D eigenvalue weighted by Crippen LogP contribution is 2.34. The fourth-order valence-electron chi connectivity index (χ4n) is 2.53. The number of aromatic nitrogens is 3. The summed E-state index contributed by atoms with van der Waals surface area (Å²) in [5.41, 5.74) is 5.37. The molecule has 5 nitrogen and oxygen atoms in total. The molecule has 96 valence electrons. The lowest BCUT2D eigenvalue weighted by atomic mass is 9.98. The molecule has 1 aliphatic carbocycles. The maximum atomic E-state index is 5.71. The predicted molar refractivity (Wildman–Crippen MR) is 71.1 cm³/mol. The number of aryl methyl sites for hydroxylation is 3. The molecule has 0 fully saturated rings. The Morgan fingerprint density at radius 1 is 1.44 bits per heavy atom. The van der Waals surface area contributed by atoms with Gasteiger partial charge >= 0.3 is 0 Å². The van der Waals surface area contributed by atoms with E-state index < -0.39 is 0 Å². The maximum absolute atomic E-state index is 5.71. The van der Waals surface area contributed by atoms with Gasteiger partial charge in [-0.05, 0) is 37.3 Å². The molecular weight excluding hydrogens is 246 g/mol. The monoisotopic (exact) mass is 263 g/mol. The van der Waals surface area contributed by atoms with Crippen LogP contribution in [0.4, 0.5) is 0 Å². The van der Waals surface area contributed by atoms with Gasteiger partial charge in [-0.25, -0.2) is 5.43 Å². The average molecular weight is 263 g/mol. The number of nitrogens with zero attached hydrogens (tertiary/aromatic N) is 3. The van der Waals surface area contributed by atoms with Gasteiger partial charge in [0.15, 0.2) is 0 Å². The van der Waals surface area contributed by atoms with E-state index in [-0.39, 0.29) is 6.04 Å². The van der Waals surface area contributed by atoms with E-state index in [1.807, 2.05) is 18.4 Å². The molecule has 1 unspecified atom stereocenters. The number of hydrogen-bond donors (Lipinski definition) is 2. The lowest BCUT2D eigenvalue weighted by Gasteiger charge is -2.13. The molecule has 0 amide bonds. The van der Waals surface area contributed by atoms with Crippen molar-refractivity contribution in [1.29, 1.82) is 0 Å². The SMILES string of the molecule is Cn1nncc1C(NN)c1cc2c(s1)CCCC2. The van der Waals surface area contributed by atoms with E-state index in [1.165, 1.54) is 41.0 Å². The summed E-state index contributed by atoms with van der Waals surface area (Å²) in [6, 6.07) is 2.28. The van der Waals surface area contributed by atoms with Crippen LogP contribution in [0.15, 0.2) is 12.3 Å². The number of hydrogen-bond acceptors (Lipinski definition) is 5. The minimum absolute atomic E-state index is 0.0133. The third kappa shape index (κ3) is 1.96. The van der Waals surface area contributed by atoms with Gasteiger partial charge in [-0.2, -0.15) is 0 Å². The topological polar surface area (TPSA) is 68.8 Å². The molecule has 1 aliphatic rings. The molecule has 3 N–H and O–H groups in total. The van der Waals surface area contributed by atoms with Gasteiger partial charge in [-0.15, -0.1) is 16.4 Å². The Morgan fingerprint density at radius 3 is 2.94 bits per heavy atom. The molecule has 1 atom stereocenters. The third-order valence-corrected chi connectivity index (χ3v) is 4.81. The van der Waals surface area contributed by atoms with Crippen molar-refractivity contribution in [3.8, 4) is 0 Å². The lowest BCUT2D eigenvalue weighted by Crippen LogP contribution is -2.29. The normalized spacial score (nSPS) is 16.6. The molecule has 2 aromatic rings. The average Bonchev–Trinajstić information content (AvgIpc) is 2.97. The Balaban J connectivity index is 1.97. The first-order valence-corrected chi connectivity index (χ1v) is 7.03. The van der Waals surface area contributed by atoms with Crippen LogP contribution >= 0.6 is 11.3 Å². The van der Waals surface area contributed by atoms with E-state index in [2.05, 4.69) is 21.8 Å². The fourth-order valence-corrected chi connectivity index (χ4v) is 3.86. The van der Waals surface area contributed by atoms with Crippen LogP contribution in [0.3, 0.4) is 0 Å². The van der Waals surface area contributed by atoms with E-state index in [4.69, 9.17) is 5.84 Å². The summed E-state index contributed by atoms with van der Waals surface area (Å²) in [6.07, 6.45) is 6.79. The molecule has 6 heteroatoms. The highest BCUT2D eigenvalue weighted by atomic mass is 32.1. The molecule has 18 heavy (non-hydrogen) atoms. The third-order valence-electron chi connectivity index (χ3n) is 3.51. The second-order valence-electron chi connectivity index (χ2n) is 4.69. The number of fused-ring (bicyclic) bond motifs is 1. The molecule has 0 aromatic carbocycles. The molecule has 3 rings (SSSR count). The number of thiophene rings is 1. The zero-order valence-corrected chi connectivity index (χ0v) is 11.2. The van der Waals surface area contributed by atoms with Gasteiger partial charge in [0, 0.05) is 16.8 Å². The van der Waals surface area contributed by atoms with Gasteiger partial charge in [-0.3, -0.25) is 10.5 Å². The lowest BCUT2D eigenvalue weighted by molar-refractivity contribution is 0.576. The molecule has 0 aliphatic heterocycles. The summed E-state index contributed by atoms with van der Waals surface area (Å²) >= 11 is 1.86. The van der Waals surface area contributed by atoms with Crippen molar-refractivity contribution in [3.05, 3.63) is 33.3 Å². The summed E-state index contributed by atoms with van der Waals surface area (Å²) < 4.78 is 1.77. The molecule has 2 aromatic heterocycles. The Bertz CT molecular complexity index is 521. The van der Waals surface area contributed by atoms with Gasteiger partial charge in [0.25, 0.3) is 0 Å². The first-order valence-electron chi connectivity index (χ1n) is 6.22. The fraction of sp³-hybridized carbons (Fsp3) is 0.500. The van der Waals surface area contributed by atoms with Crippen molar-refractivity contribution >= 4 is 11.3 Å². The minimum Gasteiger partial charge on any atom is -0.270 e. The van der Waals surface area contributed by atoms with E-state index >= 15 is 0 Å². The predicted octanol–water partition coefficient (Wildman–Crippen LogP) is 1.31. The maximum Gasteiger partial charge on any atom is 0.0986 e. The van der Waals surface area contributed by atoms with E-state index in [0.717, 1.165) is 5.69 Å². The van der Waals surface area contributed by atoms with Gasteiger partial charge in [0.05, 0.1) is 17.9 Å². The summed E-state index contributed by atoms with van der Waals surface area (Å²) in [5, 5.41) is 7.89. The number of nitrogens with two attached hydrogens (primary N) is 1. The summed E-state index contributed by atoms with van der Waals surface area (Å²) in [4.78, 5) is 2.78. The van der Waals surface area contributed by atoms with Crippen molar-refractivity contribution < 1.29 is 0 Å². The Labute approximate surface area is 110 Å². The van der Waals surface area contributed by atoms with Crippen LogP contribution in [0, 0.1) is 0 Å². The second kappa shape index (κ2) is 4.79. The Morgan fingerprint density at radius 2 is 2.28 bits per heavy atom. The molecule has 0 saturated heterocycles. The molecule has 0 bridgehead atoms. The van der Waals surface area contributed by atoms with Crippen LogP contribution < -0.4 is 11.3 Å². The smallest absolute Gasteiger partial charge is 0.0986 e. The first kappa shape index (κ1) is 11.8. The van der Waals surface area contributed by atoms with Crippen molar-refractivity contribution in [2.75, 3.05) is 0 Å². The van der Waals surface area contributed by atoms with Crippen LogP contribution in [0.1, 0.15) is 39.9 Å². The van der Waals surface area contributed by atoms with Crippen LogP contribution in [0.25, 0.3) is 0 Å². The molecule has 0 spiro atoms. The zero-order valence-electron chi connectivity index (χ0n) is 10.4. The standard InChI is InChI=1S/C12H17N5S/c1-17-9(7-14-16-17)12(15-13)11-6-8-4-2-3-5-10(8)18-11/h6-7,12,15H,2-5,13H2,1H3. The molecular formula is C12H17N5S. The van der Waals surface area contributed by atoms with Crippen LogP contribution in [-0.2, 0) is 19.9 Å². The first-order chi connectivity index (χ1) is 8.79. The molecule has 0 saturated carbocycles. The van der Waals surface area contributed by atoms with E-state index in [0.29, 0.717) is 0 Å². The van der Waals surface area contributed by atoms with Gasteiger partial charge in [0.1, 0.15) is 0 Å². The van der Waals surface area contributed by atoms with Gasteiger partial charge < -0.3 is 0 Å². The summed E-state index contributed by atoms with van der Waals surface area (Å²) in [6.45, 7) is 0. The number of nitrogens with one attached hydrogen (secondary N) is 1. The van der Waals surface area contributed by atoms with Crippen molar-refractivity contribution in [2.45, 2.75) is 31.7 Å². The zero-order chi connectivity index (χ0) is 12.5. The van der Waals surface area contributed by atoms with Gasteiger partial charge in [-0.1, -0.05) is 5.21 Å². The van der Waals surface area contributed by atoms with E-state index in [1.54, 1.807) is 10.9 Å². The summed E-state index contributed by atoms with van der Waals surface area (Å²) in [5.74, 6) is 5.71. The van der Waals surface area contributed by atoms with Crippen molar-refractivity contribution in [1.82, 2.24) is 20.4 Å². The van der Waals surface area contributed by atoms with Crippen molar-refractivity contribution in [2.24, 2.45) is 12.9 Å². The Kier molecular flexibility index (Phi) is 3.15. The molecule has 2 heterocycles. The summed E-state index contributed by atoms with van der Waals surface area (Å²) in [7, 11) is 1.89. The van der Waals surface area contributed by atoms with Gasteiger partial charge in [0.2, 0.25) is 0 Å². The Hall–Kier alpha value is -1.24. The highest BCUT2D eigenvalue weighted by molar-refractivity contribution is 7.12. The second-order valence-corrected chi connectivity index (χ2v) is 5.85. The quantitative estimate of drug-likeness (QED) is 0.647. The van der Waals surface area contributed by atoms with E-state index in [9.17, 15) is 0 Å². The number of rotatable bonds is 3. The minimum atomic E-state index is -0.0133. The van der Waals surface area contributed by atoms with Crippen molar-refractivity contribution in [3.63, 3.8) is 0 Å². The van der Waals surface area contributed by atoms with Crippen LogP contribution in [-0.4, -0.2) is 15.0 Å². The largest absolute Gasteiger partial charge is 0.270 e. The van der Waals surface area contributed by atoms with Crippen LogP contribution in [0.2, 0.25) is 0 Å².